The summed E-state index contributed by atoms with van der Waals surface area (Å²) in [4.78, 5) is 0. The Hall–Kier alpha value is -0.0800. The molecule has 1 heterocycles. The quantitative estimate of drug-likeness (QED) is 0.0988. The van der Waals surface area contributed by atoms with Crippen molar-refractivity contribution in [3.63, 3.8) is 0 Å². The first-order valence-corrected chi connectivity index (χ1v) is 13.6. The van der Waals surface area contributed by atoms with Gasteiger partial charge in [0.2, 0.25) is 5.72 Å². The zero-order valence-electron chi connectivity index (χ0n) is 20.9. The number of ether oxygens (including phenoxy) is 1. The summed E-state index contributed by atoms with van der Waals surface area (Å²) in [6.45, 7) is 14.4. The molecule has 0 amide bonds. The van der Waals surface area contributed by atoms with E-state index in [1.807, 2.05) is 0 Å². The normalized spacial score (nSPS) is 19.0. The third-order valence-electron chi connectivity index (χ3n) is 7.38. The lowest BCUT2D eigenvalue weighted by Gasteiger charge is -2.42. The topological polar surface area (TPSA) is 12.5 Å². The van der Waals surface area contributed by atoms with Crippen LogP contribution < -0.4 is 0 Å². The molecule has 1 fully saturated rings. The van der Waals surface area contributed by atoms with Gasteiger partial charge < -0.3 is 4.74 Å². The van der Waals surface area contributed by atoms with Gasteiger partial charge >= 0.3 is 0 Å². The van der Waals surface area contributed by atoms with Crippen LogP contribution in [0.3, 0.4) is 0 Å². The van der Waals surface area contributed by atoms with Crippen molar-refractivity contribution in [1.82, 2.24) is 0 Å². The molecule has 1 aliphatic rings. The lowest BCUT2D eigenvalue weighted by Crippen LogP contribution is -2.58. The predicted molar refractivity (Wildman–Crippen MR) is 129 cm³/mol. The Morgan fingerprint density at radius 3 is 1.07 bits per heavy atom. The van der Waals surface area contributed by atoms with E-state index in [-0.39, 0.29) is 5.72 Å². The van der Waals surface area contributed by atoms with E-state index < -0.39 is 0 Å². The van der Waals surface area contributed by atoms with Gasteiger partial charge in [0.1, 0.15) is 6.61 Å². The van der Waals surface area contributed by atoms with Gasteiger partial charge in [-0.1, -0.05) is 97.8 Å². The first kappa shape index (κ1) is 27.0. The van der Waals surface area contributed by atoms with Gasteiger partial charge in [-0.3, -0.25) is 4.48 Å². The van der Waals surface area contributed by atoms with Gasteiger partial charge in [-0.05, 0) is 38.5 Å². The molecule has 1 atom stereocenters. The maximum absolute atomic E-state index is 6.12. The van der Waals surface area contributed by atoms with E-state index in [1.165, 1.54) is 140 Å². The Balaban J connectivity index is 2.51. The first-order chi connectivity index (χ1) is 14.1. The van der Waals surface area contributed by atoms with Crippen molar-refractivity contribution >= 4 is 0 Å². The van der Waals surface area contributed by atoms with Crippen LogP contribution in [0.4, 0.5) is 0 Å². The fraction of sp³-hybridized carbons (Fsp3) is 1.00. The van der Waals surface area contributed by atoms with E-state index in [1.54, 1.807) is 0 Å². The second kappa shape index (κ2) is 16.6. The molecular formula is C27H56NO+. The molecule has 1 unspecified atom stereocenters. The summed E-state index contributed by atoms with van der Waals surface area (Å²) in [6.07, 6.45) is 25.3. The fourth-order valence-electron chi connectivity index (χ4n) is 5.01. The highest BCUT2D eigenvalue weighted by molar-refractivity contribution is 4.78. The van der Waals surface area contributed by atoms with E-state index in [2.05, 4.69) is 27.7 Å². The van der Waals surface area contributed by atoms with Crippen LogP contribution in [0.2, 0.25) is 0 Å². The lowest BCUT2D eigenvalue weighted by molar-refractivity contribution is -0.970. The summed E-state index contributed by atoms with van der Waals surface area (Å²) in [6, 6.07) is 0. The average Bonchev–Trinajstić information content (AvgIpc) is 3.48. The van der Waals surface area contributed by atoms with Crippen molar-refractivity contribution in [3.8, 4) is 0 Å². The Morgan fingerprint density at radius 1 is 0.517 bits per heavy atom. The van der Waals surface area contributed by atoms with Gasteiger partial charge in [-0.25, -0.2) is 0 Å². The van der Waals surface area contributed by atoms with Gasteiger partial charge in [0, 0.05) is 6.92 Å². The third kappa shape index (κ3) is 11.2. The molecular weight excluding hydrogens is 354 g/mol. The van der Waals surface area contributed by atoms with E-state index in [9.17, 15) is 0 Å². The van der Waals surface area contributed by atoms with Crippen molar-refractivity contribution in [2.75, 3.05) is 26.2 Å². The molecule has 0 bridgehead atoms. The molecule has 2 heteroatoms. The maximum atomic E-state index is 6.12. The highest BCUT2D eigenvalue weighted by Crippen LogP contribution is 2.40. The lowest BCUT2D eigenvalue weighted by atomic mass is 10.0. The minimum absolute atomic E-state index is 0.135. The molecule has 2 nitrogen and oxygen atoms in total. The highest BCUT2D eigenvalue weighted by Gasteiger charge is 2.57. The number of hydrogen-bond donors (Lipinski definition) is 0. The molecule has 0 aromatic carbocycles. The highest BCUT2D eigenvalue weighted by atomic mass is 16.6. The third-order valence-corrected chi connectivity index (χ3v) is 7.38. The maximum Gasteiger partial charge on any atom is 0.224 e. The second-order valence-corrected chi connectivity index (χ2v) is 10.1. The van der Waals surface area contributed by atoms with Crippen LogP contribution in [-0.2, 0) is 4.74 Å². The Morgan fingerprint density at radius 2 is 0.793 bits per heavy atom. The standard InChI is InChI=1S/C27H56NO/c1-5-8-11-14-17-20-23-28(27(4)26-29-27,24-21-18-15-12-9-6-2)25-22-19-16-13-10-7-3/h5-26H2,1-4H3/q+1. The molecule has 0 aromatic heterocycles. The van der Waals surface area contributed by atoms with E-state index in [4.69, 9.17) is 4.74 Å². The Kier molecular flexibility index (Phi) is 15.4. The number of epoxide rings is 1. The van der Waals surface area contributed by atoms with Crippen LogP contribution in [0.15, 0.2) is 0 Å². The van der Waals surface area contributed by atoms with Crippen LogP contribution in [0.25, 0.3) is 0 Å². The van der Waals surface area contributed by atoms with Crippen molar-refractivity contribution in [1.29, 1.82) is 0 Å². The smallest absolute Gasteiger partial charge is 0.224 e. The van der Waals surface area contributed by atoms with Gasteiger partial charge in [-0.2, -0.15) is 0 Å². The van der Waals surface area contributed by atoms with Gasteiger partial charge in [0.05, 0.1) is 19.6 Å². The number of hydrogen-bond acceptors (Lipinski definition) is 1. The summed E-state index contributed by atoms with van der Waals surface area (Å²) >= 11 is 0. The van der Waals surface area contributed by atoms with Crippen LogP contribution in [0.5, 0.6) is 0 Å². The molecule has 0 N–H and O–H groups in total. The number of quaternary nitrogens is 1. The molecule has 1 aliphatic heterocycles. The van der Waals surface area contributed by atoms with E-state index in [0.717, 1.165) is 6.61 Å². The van der Waals surface area contributed by atoms with Gasteiger partial charge in [0.25, 0.3) is 0 Å². The van der Waals surface area contributed by atoms with Crippen molar-refractivity contribution in [2.45, 2.75) is 149 Å². The van der Waals surface area contributed by atoms with Crippen molar-refractivity contribution in [2.24, 2.45) is 0 Å². The summed E-state index contributed by atoms with van der Waals surface area (Å²) in [7, 11) is 0. The van der Waals surface area contributed by atoms with Crippen LogP contribution >= 0.6 is 0 Å². The fourth-order valence-corrected chi connectivity index (χ4v) is 5.01. The van der Waals surface area contributed by atoms with Crippen LogP contribution in [0.1, 0.15) is 143 Å². The zero-order valence-corrected chi connectivity index (χ0v) is 20.9. The Bertz CT molecular complexity index is 323. The second-order valence-electron chi connectivity index (χ2n) is 10.1. The Labute approximate surface area is 184 Å². The summed E-state index contributed by atoms with van der Waals surface area (Å²) in [5.41, 5.74) is 0.135. The summed E-state index contributed by atoms with van der Waals surface area (Å²) < 4.78 is 7.39. The molecule has 0 aliphatic carbocycles. The van der Waals surface area contributed by atoms with Gasteiger partial charge in [0.15, 0.2) is 0 Å². The zero-order chi connectivity index (χ0) is 21.3. The SMILES string of the molecule is CCCCCCCC[N+](CCCCCCCC)(CCCCCCCC)C1(C)CO1. The van der Waals surface area contributed by atoms with Crippen molar-refractivity contribution < 1.29 is 9.22 Å². The largest absolute Gasteiger partial charge is 0.316 e. The first-order valence-electron chi connectivity index (χ1n) is 13.6. The van der Waals surface area contributed by atoms with Gasteiger partial charge in [-0.15, -0.1) is 0 Å². The predicted octanol–water partition coefficient (Wildman–Crippen LogP) is 8.63. The molecule has 1 saturated heterocycles. The minimum Gasteiger partial charge on any atom is -0.316 e. The van der Waals surface area contributed by atoms with Crippen LogP contribution in [-0.4, -0.2) is 36.4 Å². The number of rotatable bonds is 22. The molecule has 0 aromatic rings. The molecule has 0 radical (unpaired) electrons. The van der Waals surface area contributed by atoms with E-state index in [0.29, 0.717) is 0 Å². The van der Waals surface area contributed by atoms with E-state index >= 15 is 0 Å². The number of unbranched alkanes of at least 4 members (excludes halogenated alkanes) is 15. The molecule has 0 spiro atoms. The molecule has 29 heavy (non-hydrogen) atoms. The molecule has 174 valence electrons. The summed E-state index contributed by atoms with van der Waals surface area (Å²) in [5.74, 6) is 0. The monoisotopic (exact) mass is 410 g/mol. The van der Waals surface area contributed by atoms with Crippen molar-refractivity contribution in [3.05, 3.63) is 0 Å². The van der Waals surface area contributed by atoms with Crippen LogP contribution in [0, 0.1) is 0 Å². The summed E-state index contributed by atoms with van der Waals surface area (Å²) in [5, 5.41) is 0. The molecule has 1 rings (SSSR count). The molecule has 0 saturated carbocycles. The minimum atomic E-state index is 0.135. The average molecular weight is 411 g/mol. The number of nitrogens with zero attached hydrogens (tertiary/aromatic N) is 1.